The Balaban J connectivity index is 3.08. The van der Waals surface area contributed by atoms with Crippen molar-refractivity contribution in [3.63, 3.8) is 0 Å². The molecule has 1 aromatic heterocycles. The van der Waals surface area contributed by atoms with Crippen LogP contribution < -0.4 is 0 Å². The molecule has 0 bridgehead atoms. The average Bonchev–Trinajstić information content (AvgIpc) is 1.85. The third-order valence-corrected chi connectivity index (χ3v) is 1.62. The van der Waals surface area contributed by atoms with Gasteiger partial charge >= 0.3 is 0 Å². The second kappa shape index (κ2) is 3.00. The van der Waals surface area contributed by atoms with Gasteiger partial charge in [0.25, 0.3) is 0 Å². The summed E-state index contributed by atoms with van der Waals surface area (Å²) >= 11 is 0. The fourth-order valence-corrected chi connectivity index (χ4v) is 1.28. The zero-order valence-corrected chi connectivity index (χ0v) is 7.34. The first-order valence-corrected chi connectivity index (χ1v) is 5.48. The van der Waals surface area contributed by atoms with E-state index < -0.39 is 9.73 Å². The van der Waals surface area contributed by atoms with E-state index >= 15 is 0 Å². The number of nitrogens with zero attached hydrogens (tertiary/aromatic N) is 2. The van der Waals surface area contributed by atoms with Gasteiger partial charge in [0.15, 0.2) is 0 Å². The van der Waals surface area contributed by atoms with E-state index in [0.29, 0.717) is 5.69 Å². The Morgan fingerprint density at radius 1 is 1.55 bits per heavy atom. The zero-order chi connectivity index (χ0) is 8.32. The van der Waals surface area contributed by atoms with Gasteiger partial charge in [0, 0.05) is 28.4 Å². The molecule has 0 saturated carbocycles. The predicted molar refractivity (Wildman–Crippen MR) is 46.3 cm³/mol. The highest BCUT2D eigenvalue weighted by Crippen LogP contribution is 2.09. The molecule has 0 atom stereocenters. The molecule has 0 saturated heterocycles. The summed E-state index contributed by atoms with van der Waals surface area (Å²) in [5.74, 6) is 0. The molecule has 60 valence electrons. The molecule has 1 rings (SSSR count). The van der Waals surface area contributed by atoms with E-state index in [4.69, 9.17) is 0 Å². The van der Waals surface area contributed by atoms with Crippen LogP contribution in [0.1, 0.15) is 0 Å². The first-order valence-electron chi connectivity index (χ1n) is 3.15. The molecule has 0 aliphatic carbocycles. The van der Waals surface area contributed by atoms with Crippen LogP contribution in [0.2, 0.25) is 0 Å². The minimum absolute atomic E-state index is 0.669. The lowest BCUT2D eigenvalue weighted by atomic mass is 10.4. The zero-order valence-electron chi connectivity index (χ0n) is 6.52. The fraction of sp³-hybridized carbons (Fsp3) is 0.286. The second-order valence-corrected chi connectivity index (χ2v) is 5.03. The lowest BCUT2D eigenvalue weighted by Gasteiger charge is -1.93. The van der Waals surface area contributed by atoms with E-state index in [1.54, 1.807) is 37.0 Å². The van der Waals surface area contributed by atoms with Crippen LogP contribution in [0, 0.1) is 0 Å². The molecule has 0 radical (unpaired) electrons. The van der Waals surface area contributed by atoms with Crippen molar-refractivity contribution in [2.24, 2.45) is 4.36 Å². The molecule has 0 aliphatic heterocycles. The largest absolute Gasteiger partial charge is 0.262 e. The molecule has 3 nitrogen and oxygen atoms in total. The molecule has 0 aliphatic rings. The monoisotopic (exact) mass is 170 g/mol. The smallest absolute Gasteiger partial charge is 0.0913 e. The third kappa shape index (κ3) is 3.13. The topological polar surface area (TPSA) is 42.3 Å². The Hall–Kier alpha value is -0.900. The van der Waals surface area contributed by atoms with Gasteiger partial charge < -0.3 is 0 Å². The molecule has 11 heavy (non-hydrogen) atoms. The van der Waals surface area contributed by atoms with Gasteiger partial charge in [-0.05, 0) is 12.1 Å². The van der Waals surface area contributed by atoms with Crippen LogP contribution in [0.3, 0.4) is 0 Å². The summed E-state index contributed by atoms with van der Waals surface area (Å²) in [6, 6.07) is 3.55. The summed E-state index contributed by atoms with van der Waals surface area (Å²) < 4.78 is 15.1. The number of hydrogen-bond acceptors (Lipinski definition) is 3. The maximum absolute atomic E-state index is 11.2. The average molecular weight is 170 g/mol. The normalized spacial score (nSPS) is 11.1. The Labute approximate surface area is 66.7 Å². The van der Waals surface area contributed by atoms with Gasteiger partial charge in [-0.2, -0.15) is 4.36 Å². The quantitative estimate of drug-likeness (QED) is 0.640. The number of pyridine rings is 1. The SMILES string of the molecule is CS(C)(=O)=Nc1cccnc1. The van der Waals surface area contributed by atoms with Crippen molar-refractivity contribution in [2.45, 2.75) is 0 Å². The summed E-state index contributed by atoms with van der Waals surface area (Å²) in [5, 5.41) is 0. The maximum Gasteiger partial charge on any atom is 0.0913 e. The Morgan fingerprint density at radius 2 is 2.27 bits per heavy atom. The molecule has 0 fully saturated rings. The molecule has 0 unspecified atom stereocenters. The number of aromatic nitrogens is 1. The van der Waals surface area contributed by atoms with Crippen LogP contribution in [0.5, 0.6) is 0 Å². The first-order chi connectivity index (χ1) is 5.08. The fourth-order valence-electron chi connectivity index (χ4n) is 0.662. The van der Waals surface area contributed by atoms with Gasteiger partial charge in [-0.3, -0.25) is 4.98 Å². The van der Waals surface area contributed by atoms with Crippen molar-refractivity contribution < 1.29 is 4.21 Å². The van der Waals surface area contributed by atoms with Gasteiger partial charge in [0.05, 0.1) is 11.9 Å². The van der Waals surface area contributed by atoms with Crippen molar-refractivity contribution in [2.75, 3.05) is 12.5 Å². The Bertz CT molecular complexity index is 331. The molecular formula is C7H10N2OS. The molecule has 0 aromatic carbocycles. The molecule has 1 heterocycles. The van der Waals surface area contributed by atoms with Crippen LogP contribution in [0.15, 0.2) is 28.9 Å². The van der Waals surface area contributed by atoms with Crippen LogP contribution >= 0.6 is 0 Å². The Kier molecular flexibility index (Phi) is 2.24. The first kappa shape index (κ1) is 8.20. The van der Waals surface area contributed by atoms with Crippen molar-refractivity contribution in [3.8, 4) is 0 Å². The van der Waals surface area contributed by atoms with E-state index in [1.807, 2.05) is 0 Å². The van der Waals surface area contributed by atoms with Crippen LogP contribution in [-0.2, 0) is 9.73 Å². The summed E-state index contributed by atoms with van der Waals surface area (Å²) in [4.78, 5) is 3.85. The van der Waals surface area contributed by atoms with Crippen molar-refractivity contribution in [1.82, 2.24) is 4.98 Å². The van der Waals surface area contributed by atoms with Gasteiger partial charge in [0.1, 0.15) is 0 Å². The molecule has 0 spiro atoms. The molecule has 0 amide bonds. The highest BCUT2D eigenvalue weighted by molar-refractivity contribution is 7.92. The van der Waals surface area contributed by atoms with Gasteiger partial charge in [0.2, 0.25) is 0 Å². The minimum Gasteiger partial charge on any atom is -0.262 e. The highest BCUT2D eigenvalue weighted by atomic mass is 32.2. The maximum atomic E-state index is 11.2. The molecule has 4 heteroatoms. The number of rotatable bonds is 1. The molecular weight excluding hydrogens is 160 g/mol. The van der Waals surface area contributed by atoms with Crippen molar-refractivity contribution in [1.29, 1.82) is 0 Å². The van der Waals surface area contributed by atoms with E-state index in [-0.39, 0.29) is 0 Å². The van der Waals surface area contributed by atoms with Crippen molar-refractivity contribution >= 4 is 15.4 Å². The van der Waals surface area contributed by atoms with Crippen LogP contribution in [0.25, 0.3) is 0 Å². The summed E-state index contributed by atoms with van der Waals surface area (Å²) in [6.07, 6.45) is 6.44. The van der Waals surface area contributed by atoms with E-state index in [1.165, 1.54) is 0 Å². The van der Waals surface area contributed by atoms with Crippen LogP contribution in [0.4, 0.5) is 5.69 Å². The van der Waals surface area contributed by atoms with E-state index in [9.17, 15) is 4.21 Å². The minimum atomic E-state index is -2.04. The third-order valence-electron chi connectivity index (χ3n) is 0.971. The standard InChI is InChI=1S/C7H10N2OS/c1-11(2,10)9-7-4-3-5-8-6-7/h3-6H,1-2H3. The lowest BCUT2D eigenvalue weighted by Crippen LogP contribution is -1.88. The Morgan fingerprint density at radius 3 is 2.73 bits per heavy atom. The summed E-state index contributed by atoms with van der Waals surface area (Å²) in [6.45, 7) is 0. The predicted octanol–water partition coefficient (Wildman–Crippen LogP) is 1.44. The van der Waals surface area contributed by atoms with Gasteiger partial charge in [-0.15, -0.1) is 0 Å². The number of hydrogen-bond donors (Lipinski definition) is 0. The van der Waals surface area contributed by atoms with Crippen LogP contribution in [-0.4, -0.2) is 21.7 Å². The lowest BCUT2D eigenvalue weighted by molar-refractivity contribution is 0.684. The summed E-state index contributed by atoms with van der Waals surface area (Å²) in [7, 11) is -2.04. The van der Waals surface area contributed by atoms with Crippen molar-refractivity contribution in [3.05, 3.63) is 24.5 Å². The summed E-state index contributed by atoms with van der Waals surface area (Å²) in [5.41, 5.74) is 0.669. The highest BCUT2D eigenvalue weighted by Gasteiger charge is 1.90. The molecule has 0 N–H and O–H groups in total. The van der Waals surface area contributed by atoms with Gasteiger partial charge in [-0.25, -0.2) is 4.21 Å². The van der Waals surface area contributed by atoms with E-state index in [0.717, 1.165) is 0 Å². The van der Waals surface area contributed by atoms with Gasteiger partial charge in [-0.1, -0.05) is 0 Å². The second-order valence-electron chi connectivity index (χ2n) is 2.48. The van der Waals surface area contributed by atoms with E-state index in [2.05, 4.69) is 9.35 Å². The molecule has 1 aromatic rings.